The largest absolute Gasteiger partial charge is 0.478 e. The lowest BCUT2D eigenvalue weighted by Crippen LogP contribution is -2.00. The molecule has 0 radical (unpaired) electrons. The first kappa shape index (κ1) is 27.4. The van der Waals surface area contributed by atoms with Gasteiger partial charge >= 0.3 is 5.97 Å². The van der Waals surface area contributed by atoms with Crippen LogP contribution in [0.4, 0.5) is 0 Å². The van der Waals surface area contributed by atoms with E-state index in [1.165, 1.54) is 12.3 Å². The molecule has 6 nitrogen and oxygen atoms in total. The molecule has 40 heavy (non-hydrogen) atoms. The molecule has 4 aromatic carbocycles. The van der Waals surface area contributed by atoms with Crippen molar-refractivity contribution in [2.45, 2.75) is 4.90 Å². The van der Waals surface area contributed by atoms with E-state index in [1.54, 1.807) is 65.4 Å². The SMILES string of the molecule is CS(=O)(=O)c1cccc(-c2ccc(/C=C/c3nc(-c4ccc(Cl)cc4Cl)cn3-c3cccc(C(=O)O)c3)cc2)c1. The summed E-state index contributed by atoms with van der Waals surface area (Å²) in [5, 5.41) is 10.4. The molecule has 0 aliphatic carbocycles. The molecular formula is C31H22Cl2N2O4S. The lowest BCUT2D eigenvalue weighted by atomic mass is 10.0. The molecular weight excluding hydrogens is 567 g/mol. The molecule has 0 aliphatic heterocycles. The van der Waals surface area contributed by atoms with Gasteiger partial charge in [0, 0.05) is 28.7 Å². The Kier molecular flexibility index (Phi) is 7.63. The van der Waals surface area contributed by atoms with Crippen LogP contribution >= 0.6 is 23.2 Å². The predicted octanol–water partition coefficient (Wildman–Crippen LogP) is 7.79. The summed E-state index contributed by atoms with van der Waals surface area (Å²) in [5.41, 5.74) is 4.65. The van der Waals surface area contributed by atoms with Crippen molar-refractivity contribution >= 4 is 51.2 Å². The molecule has 0 saturated heterocycles. The van der Waals surface area contributed by atoms with Gasteiger partial charge in [0.25, 0.3) is 0 Å². The Bertz CT molecular complexity index is 1880. The number of carboxylic acid groups (broad SMARTS) is 1. The van der Waals surface area contributed by atoms with Crippen molar-refractivity contribution in [3.05, 3.63) is 124 Å². The second kappa shape index (κ2) is 11.1. The molecule has 0 unspecified atom stereocenters. The van der Waals surface area contributed by atoms with E-state index >= 15 is 0 Å². The highest BCUT2D eigenvalue weighted by Gasteiger charge is 2.14. The Morgan fingerprint density at radius 1 is 0.875 bits per heavy atom. The molecule has 5 rings (SSSR count). The van der Waals surface area contributed by atoms with Crippen molar-refractivity contribution in [2.75, 3.05) is 6.26 Å². The van der Waals surface area contributed by atoms with Crippen LogP contribution in [0.5, 0.6) is 0 Å². The van der Waals surface area contributed by atoms with E-state index in [4.69, 9.17) is 28.2 Å². The maximum absolute atomic E-state index is 11.9. The smallest absolute Gasteiger partial charge is 0.335 e. The summed E-state index contributed by atoms with van der Waals surface area (Å²) < 4.78 is 25.7. The number of hydrogen-bond donors (Lipinski definition) is 1. The van der Waals surface area contributed by atoms with Crippen LogP contribution in [0, 0.1) is 0 Å². The van der Waals surface area contributed by atoms with E-state index in [9.17, 15) is 18.3 Å². The fraction of sp³-hybridized carbons (Fsp3) is 0.0323. The van der Waals surface area contributed by atoms with E-state index in [-0.39, 0.29) is 10.5 Å². The first-order chi connectivity index (χ1) is 19.1. The fourth-order valence-corrected chi connectivity index (χ4v) is 5.37. The zero-order chi connectivity index (χ0) is 28.4. The number of benzene rings is 4. The third-order valence-corrected chi connectivity index (χ3v) is 7.90. The second-order valence-corrected chi connectivity index (χ2v) is 11.9. The van der Waals surface area contributed by atoms with E-state index in [0.29, 0.717) is 32.8 Å². The molecule has 9 heteroatoms. The molecule has 0 spiro atoms. The number of nitrogens with zero attached hydrogens (tertiary/aromatic N) is 2. The minimum atomic E-state index is -3.31. The summed E-state index contributed by atoms with van der Waals surface area (Å²) in [6.07, 6.45) is 6.71. The van der Waals surface area contributed by atoms with Gasteiger partial charge in [0.15, 0.2) is 9.84 Å². The molecule has 0 amide bonds. The highest BCUT2D eigenvalue weighted by Crippen LogP contribution is 2.31. The van der Waals surface area contributed by atoms with Gasteiger partial charge in [-0.25, -0.2) is 18.2 Å². The van der Waals surface area contributed by atoms with Crippen LogP contribution in [0.3, 0.4) is 0 Å². The van der Waals surface area contributed by atoms with Crippen LogP contribution in [0.2, 0.25) is 10.0 Å². The first-order valence-corrected chi connectivity index (χ1v) is 14.7. The lowest BCUT2D eigenvalue weighted by molar-refractivity contribution is 0.0697. The van der Waals surface area contributed by atoms with Crippen molar-refractivity contribution in [1.82, 2.24) is 9.55 Å². The predicted molar refractivity (Wildman–Crippen MR) is 160 cm³/mol. The third-order valence-electron chi connectivity index (χ3n) is 6.24. The summed E-state index contributed by atoms with van der Waals surface area (Å²) in [5.74, 6) is -0.462. The molecule has 1 heterocycles. The minimum absolute atomic E-state index is 0.155. The van der Waals surface area contributed by atoms with Crippen LogP contribution in [-0.2, 0) is 9.84 Å². The van der Waals surface area contributed by atoms with Gasteiger partial charge in [-0.05, 0) is 71.3 Å². The standard InChI is InChI=1S/C31H22Cl2N2O4S/c1-40(38,39)26-7-3-4-22(17-26)21-11-8-20(9-12-21)10-15-30-34-29(27-14-13-24(32)18-28(27)33)19-35(30)25-6-2-5-23(16-25)31(36)37/h2-19H,1H3,(H,36,37)/b15-10+. The monoisotopic (exact) mass is 588 g/mol. The van der Waals surface area contributed by atoms with Gasteiger partial charge in [-0.1, -0.05) is 71.7 Å². The number of rotatable bonds is 7. The van der Waals surface area contributed by atoms with Crippen LogP contribution < -0.4 is 0 Å². The quantitative estimate of drug-likeness (QED) is 0.209. The van der Waals surface area contributed by atoms with Crippen LogP contribution in [0.25, 0.3) is 40.2 Å². The molecule has 0 aliphatic rings. The molecule has 1 aromatic heterocycles. The van der Waals surface area contributed by atoms with Gasteiger partial charge in [0.2, 0.25) is 0 Å². The van der Waals surface area contributed by atoms with E-state index in [0.717, 1.165) is 16.7 Å². The summed E-state index contributed by atoms with van der Waals surface area (Å²) >= 11 is 12.5. The zero-order valence-corrected chi connectivity index (χ0v) is 23.5. The number of aromatic nitrogens is 2. The lowest BCUT2D eigenvalue weighted by Gasteiger charge is -2.07. The van der Waals surface area contributed by atoms with Crippen LogP contribution in [0.15, 0.2) is 102 Å². The molecule has 0 bridgehead atoms. The van der Waals surface area contributed by atoms with Crippen molar-refractivity contribution < 1.29 is 18.3 Å². The summed E-state index contributed by atoms with van der Waals surface area (Å²) in [4.78, 5) is 16.6. The van der Waals surface area contributed by atoms with Crippen molar-refractivity contribution in [2.24, 2.45) is 0 Å². The number of carboxylic acids is 1. The average molecular weight is 590 g/mol. The number of imidazole rings is 1. The van der Waals surface area contributed by atoms with Gasteiger partial charge in [-0.3, -0.25) is 4.57 Å². The van der Waals surface area contributed by atoms with E-state index in [1.807, 2.05) is 42.5 Å². The summed E-state index contributed by atoms with van der Waals surface area (Å²) in [6.45, 7) is 0. The number of carbonyl (C=O) groups is 1. The van der Waals surface area contributed by atoms with Gasteiger partial charge < -0.3 is 5.11 Å². The number of halogens is 2. The Labute approximate surface area is 241 Å². The zero-order valence-electron chi connectivity index (χ0n) is 21.1. The van der Waals surface area contributed by atoms with Crippen LogP contribution in [-0.4, -0.2) is 35.3 Å². The van der Waals surface area contributed by atoms with Crippen molar-refractivity contribution in [3.8, 4) is 28.1 Å². The van der Waals surface area contributed by atoms with Gasteiger partial charge in [0.1, 0.15) is 5.82 Å². The number of sulfone groups is 1. The average Bonchev–Trinajstić information content (AvgIpc) is 3.36. The first-order valence-electron chi connectivity index (χ1n) is 12.1. The highest BCUT2D eigenvalue weighted by atomic mass is 35.5. The van der Waals surface area contributed by atoms with Crippen molar-refractivity contribution in [1.29, 1.82) is 0 Å². The molecule has 1 N–H and O–H groups in total. The van der Waals surface area contributed by atoms with Gasteiger partial charge in [-0.15, -0.1) is 0 Å². The Morgan fingerprint density at radius 2 is 1.62 bits per heavy atom. The maximum Gasteiger partial charge on any atom is 0.335 e. The number of hydrogen-bond acceptors (Lipinski definition) is 4. The van der Waals surface area contributed by atoms with Gasteiger partial charge in [-0.2, -0.15) is 0 Å². The molecule has 5 aromatic rings. The summed E-state index contributed by atoms with van der Waals surface area (Å²) in [7, 11) is -3.31. The highest BCUT2D eigenvalue weighted by molar-refractivity contribution is 7.90. The normalized spacial score (nSPS) is 11.7. The van der Waals surface area contributed by atoms with Crippen LogP contribution in [0.1, 0.15) is 21.7 Å². The van der Waals surface area contributed by atoms with E-state index < -0.39 is 15.8 Å². The topological polar surface area (TPSA) is 89.3 Å². The molecule has 200 valence electrons. The Morgan fingerprint density at radius 3 is 2.33 bits per heavy atom. The third kappa shape index (κ3) is 6.02. The molecule has 0 atom stereocenters. The van der Waals surface area contributed by atoms with Gasteiger partial charge in [0.05, 0.1) is 21.2 Å². The fourth-order valence-electron chi connectivity index (χ4n) is 4.20. The minimum Gasteiger partial charge on any atom is -0.478 e. The molecule has 0 saturated carbocycles. The number of aromatic carboxylic acids is 1. The maximum atomic E-state index is 11.9. The second-order valence-electron chi connectivity index (χ2n) is 9.09. The summed E-state index contributed by atoms with van der Waals surface area (Å²) in [6, 6.07) is 26.3. The molecule has 0 fully saturated rings. The van der Waals surface area contributed by atoms with Crippen molar-refractivity contribution in [3.63, 3.8) is 0 Å². The Balaban J connectivity index is 1.51. The Hall–Kier alpha value is -4.17. The van der Waals surface area contributed by atoms with E-state index in [2.05, 4.69) is 0 Å².